The Hall–Kier alpha value is -1.68. The lowest BCUT2D eigenvalue weighted by Gasteiger charge is -2.19. The van der Waals surface area contributed by atoms with E-state index in [2.05, 4.69) is 17.2 Å². The molecule has 0 unspecified atom stereocenters. The normalized spacial score (nSPS) is 13.1. The van der Waals surface area contributed by atoms with Crippen molar-refractivity contribution in [3.63, 3.8) is 0 Å². The Kier molecular flexibility index (Phi) is 5.72. The molecule has 0 saturated heterocycles. The molecule has 3 rings (SSSR count). The second-order valence-corrected chi connectivity index (χ2v) is 5.60. The smallest absolute Gasteiger partial charge is 0.253 e. The van der Waals surface area contributed by atoms with Gasteiger partial charge in [-0.15, -0.1) is 12.4 Å². The van der Waals surface area contributed by atoms with Gasteiger partial charge in [-0.25, -0.2) is 0 Å². The molecule has 0 fully saturated rings. The summed E-state index contributed by atoms with van der Waals surface area (Å²) in [6.07, 6.45) is 5.32. The first-order valence-corrected chi connectivity index (χ1v) is 7.85. The Morgan fingerprint density at radius 3 is 2.95 bits per heavy atom. The molecule has 0 spiro atoms. The molecule has 0 atom stereocenters. The van der Waals surface area contributed by atoms with Gasteiger partial charge in [-0.3, -0.25) is 4.79 Å². The van der Waals surface area contributed by atoms with Gasteiger partial charge in [0.2, 0.25) is 0 Å². The third kappa shape index (κ3) is 3.38. The van der Waals surface area contributed by atoms with Gasteiger partial charge in [0.15, 0.2) is 0 Å². The van der Waals surface area contributed by atoms with Gasteiger partial charge in [0.25, 0.3) is 5.56 Å². The van der Waals surface area contributed by atoms with Gasteiger partial charge in [-0.2, -0.15) is 0 Å². The summed E-state index contributed by atoms with van der Waals surface area (Å²) in [7, 11) is 0. The molecule has 1 aromatic carbocycles. The number of halogens is 1. The third-order valence-electron chi connectivity index (χ3n) is 4.01. The van der Waals surface area contributed by atoms with Gasteiger partial charge in [-0.05, 0) is 37.5 Å². The number of aromatic amines is 1. The summed E-state index contributed by atoms with van der Waals surface area (Å²) in [5.41, 5.74) is 2.76. The van der Waals surface area contributed by atoms with Crippen LogP contribution in [0.2, 0.25) is 0 Å². The first-order chi connectivity index (χ1) is 10.3. The van der Waals surface area contributed by atoms with Crippen molar-refractivity contribution in [1.29, 1.82) is 0 Å². The van der Waals surface area contributed by atoms with E-state index in [-0.39, 0.29) is 18.0 Å². The lowest BCUT2D eigenvalue weighted by molar-refractivity contribution is 0.306. The maximum atomic E-state index is 12.1. The Balaban J connectivity index is 0.00000176. The molecule has 2 aromatic rings. The highest BCUT2D eigenvalue weighted by Crippen LogP contribution is 2.30. The van der Waals surface area contributed by atoms with Crippen molar-refractivity contribution in [1.82, 2.24) is 4.98 Å². The average Bonchev–Trinajstić information content (AvgIpc) is 2.52. The number of benzene rings is 1. The molecule has 4 nitrogen and oxygen atoms in total. The molecular formula is C17H23ClN2O2. The van der Waals surface area contributed by atoms with E-state index in [0.29, 0.717) is 0 Å². The van der Waals surface area contributed by atoms with Crippen LogP contribution >= 0.6 is 12.4 Å². The van der Waals surface area contributed by atoms with E-state index in [4.69, 9.17) is 4.74 Å². The minimum absolute atomic E-state index is 0. The number of H-pyrrole nitrogens is 1. The van der Waals surface area contributed by atoms with Gasteiger partial charge in [-0.1, -0.05) is 19.8 Å². The fourth-order valence-electron chi connectivity index (χ4n) is 2.86. The highest BCUT2D eigenvalue weighted by molar-refractivity contribution is 5.94. The molecule has 5 heteroatoms. The minimum atomic E-state index is 0. The number of ether oxygens (including phenoxy) is 1. The monoisotopic (exact) mass is 322 g/mol. The number of pyridine rings is 1. The van der Waals surface area contributed by atoms with Crippen LogP contribution in [0.25, 0.3) is 10.9 Å². The number of hydrogen-bond donors (Lipinski definition) is 2. The van der Waals surface area contributed by atoms with E-state index in [0.717, 1.165) is 60.3 Å². The lowest BCUT2D eigenvalue weighted by Crippen LogP contribution is -2.22. The van der Waals surface area contributed by atoms with E-state index in [1.54, 1.807) is 0 Å². The molecule has 0 saturated carbocycles. The standard InChI is InChI=1S/C17H22N2O2.ClH/c1-2-3-4-10-21-12-7-8-15-14(11-12)16-13(17(20)19-15)6-5-9-18-16;/h7-8,11,18H,2-6,9-10H2,1H3,(H,19,20);1H. The quantitative estimate of drug-likeness (QED) is 0.821. The molecule has 0 aliphatic carbocycles. The van der Waals surface area contributed by atoms with E-state index in [1.165, 1.54) is 12.8 Å². The number of hydrogen-bond acceptors (Lipinski definition) is 3. The summed E-state index contributed by atoms with van der Waals surface area (Å²) < 4.78 is 5.82. The summed E-state index contributed by atoms with van der Waals surface area (Å²) in [6, 6.07) is 5.90. The Labute approximate surface area is 136 Å². The number of fused-ring (bicyclic) bond motifs is 3. The van der Waals surface area contributed by atoms with Crippen molar-refractivity contribution < 1.29 is 4.74 Å². The lowest BCUT2D eigenvalue weighted by atomic mass is 10.0. The molecule has 22 heavy (non-hydrogen) atoms. The van der Waals surface area contributed by atoms with Gasteiger partial charge in [0.05, 0.1) is 17.8 Å². The van der Waals surface area contributed by atoms with E-state index in [1.807, 2.05) is 18.2 Å². The van der Waals surface area contributed by atoms with Crippen molar-refractivity contribution >= 4 is 29.0 Å². The zero-order valence-corrected chi connectivity index (χ0v) is 13.7. The highest BCUT2D eigenvalue weighted by Gasteiger charge is 2.16. The first-order valence-electron chi connectivity index (χ1n) is 7.85. The van der Waals surface area contributed by atoms with Crippen LogP contribution < -0.4 is 15.6 Å². The van der Waals surface area contributed by atoms with Crippen LogP contribution in [0, 0.1) is 0 Å². The van der Waals surface area contributed by atoms with Crippen molar-refractivity contribution in [3.8, 4) is 5.75 Å². The molecule has 2 N–H and O–H groups in total. The van der Waals surface area contributed by atoms with Crippen LogP contribution in [0.3, 0.4) is 0 Å². The number of rotatable bonds is 5. The predicted molar refractivity (Wildman–Crippen MR) is 93.6 cm³/mol. The van der Waals surface area contributed by atoms with Gasteiger partial charge >= 0.3 is 0 Å². The summed E-state index contributed by atoms with van der Waals surface area (Å²) in [6.45, 7) is 3.86. The molecule has 1 aliphatic rings. The van der Waals surface area contributed by atoms with Crippen molar-refractivity contribution in [3.05, 3.63) is 34.1 Å². The fraction of sp³-hybridized carbons (Fsp3) is 0.471. The number of unbranched alkanes of at least 4 members (excludes halogenated alkanes) is 2. The van der Waals surface area contributed by atoms with Crippen LogP contribution in [-0.4, -0.2) is 18.1 Å². The maximum Gasteiger partial charge on any atom is 0.253 e. The summed E-state index contributed by atoms with van der Waals surface area (Å²) >= 11 is 0. The summed E-state index contributed by atoms with van der Waals surface area (Å²) in [5, 5.41) is 4.43. The fourth-order valence-corrected chi connectivity index (χ4v) is 2.86. The molecule has 0 radical (unpaired) electrons. The first kappa shape index (κ1) is 16.7. The SMILES string of the molecule is CCCCCOc1ccc2[nH]c(=O)c3c(c2c1)NCCC3.Cl. The molecule has 0 bridgehead atoms. The zero-order chi connectivity index (χ0) is 14.7. The molecule has 0 amide bonds. The Morgan fingerprint density at radius 1 is 1.27 bits per heavy atom. The molecule has 120 valence electrons. The molecule has 1 aliphatic heterocycles. The van der Waals surface area contributed by atoms with Crippen LogP contribution in [-0.2, 0) is 6.42 Å². The average molecular weight is 323 g/mol. The van der Waals surface area contributed by atoms with Gasteiger partial charge < -0.3 is 15.0 Å². The second-order valence-electron chi connectivity index (χ2n) is 5.60. The zero-order valence-electron chi connectivity index (χ0n) is 12.9. The highest BCUT2D eigenvalue weighted by atomic mass is 35.5. The molecule has 1 aromatic heterocycles. The number of aromatic nitrogens is 1. The van der Waals surface area contributed by atoms with Crippen LogP contribution in [0.5, 0.6) is 5.75 Å². The van der Waals surface area contributed by atoms with Gasteiger partial charge in [0.1, 0.15) is 5.75 Å². The molecule has 2 heterocycles. The summed E-state index contributed by atoms with van der Waals surface area (Å²) in [4.78, 5) is 15.1. The third-order valence-corrected chi connectivity index (χ3v) is 4.01. The van der Waals surface area contributed by atoms with Crippen molar-refractivity contribution in [2.75, 3.05) is 18.5 Å². The molecular weight excluding hydrogens is 300 g/mol. The van der Waals surface area contributed by atoms with Crippen LogP contribution in [0.1, 0.15) is 38.2 Å². The van der Waals surface area contributed by atoms with Gasteiger partial charge in [0, 0.05) is 17.5 Å². The van der Waals surface area contributed by atoms with E-state index < -0.39 is 0 Å². The Morgan fingerprint density at radius 2 is 2.14 bits per heavy atom. The largest absolute Gasteiger partial charge is 0.494 e. The van der Waals surface area contributed by atoms with E-state index in [9.17, 15) is 4.79 Å². The minimum Gasteiger partial charge on any atom is -0.494 e. The maximum absolute atomic E-state index is 12.1. The number of anilines is 1. The predicted octanol–water partition coefficient (Wildman–Crippen LogP) is 3.88. The van der Waals surface area contributed by atoms with E-state index >= 15 is 0 Å². The summed E-state index contributed by atoms with van der Waals surface area (Å²) in [5.74, 6) is 0.875. The van der Waals surface area contributed by atoms with Crippen molar-refractivity contribution in [2.24, 2.45) is 0 Å². The van der Waals surface area contributed by atoms with Crippen LogP contribution in [0.15, 0.2) is 23.0 Å². The second kappa shape index (κ2) is 7.54. The van der Waals surface area contributed by atoms with Crippen LogP contribution in [0.4, 0.5) is 5.69 Å². The Bertz CT molecular complexity index is 697. The van der Waals surface area contributed by atoms with Crippen molar-refractivity contribution in [2.45, 2.75) is 39.0 Å². The number of nitrogens with one attached hydrogen (secondary N) is 2. The topological polar surface area (TPSA) is 54.1 Å².